The Morgan fingerprint density at radius 2 is 1.86 bits per heavy atom. The number of carbonyl (C=O) groups excluding carboxylic acids is 2. The van der Waals surface area contributed by atoms with Crippen molar-refractivity contribution < 1.29 is 18.4 Å². The van der Waals surface area contributed by atoms with Crippen molar-refractivity contribution in [1.82, 2.24) is 19.8 Å². The summed E-state index contributed by atoms with van der Waals surface area (Å²) >= 11 is 0. The minimum Gasteiger partial charge on any atom is -0.364 e. The molecule has 0 bridgehead atoms. The molecule has 1 N–H and O–H groups in total. The molecular weight excluding hydrogens is 368 g/mol. The van der Waals surface area contributed by atoms with Gasteiger partial charge in [-0.15, -0.1) is 0 Å². The van der Waals surface area contributed by atoms with Crippen molar-refractivity contribution in [2.75, 3.05) is 31.5 Å². The molecule has 0 aromatic carbocycles. The highest BCUT2D eigenvalue weighted by Gasteiger charge is 2.38. The highest BCUT2D eigenvalue weighted by Crippen LogP contribution is 2.29. The van der Waals surface area contributed by atoms with Crippen LogP contribution in [0.15, 0.2) is 12.4 Å². The van der Waals surface area contributed by atoms with E-state index in [0.29, 0.717) is 31.7 Å². The number of hydrogen-bond donors (Lipinski definition) is 1. The molecule has 1 aromatic heterocycles. The molecule has 2 amide bonds. The van der Waals surface area contributed by atoms with Gasteiger partial charge in [-0.1, -0.05) is 0 Å². The predicted octanol–water partition coefficient (Wildman–Crippen LogP) is 2.08. The SMILES string of the molecule is CC(=O)N1C[C@@H](Nc2cncc(C)n2)CC[C@@H](C(=O)N2CCC(F)(F)CC2)C1. The number of piperidine rings is 1. The van der Waals surface area contributed by atoms with Crippen LogP contribution >= 0.6 is 0 Å². The first-order chi connectivity index (χ1) is 13.2. The van der Waals surface area contributed by atoms with Gasteiger partial charge in [0.05, 0.1) is 17.8 Å². The monoisotopic (exact) mass is 395 g/mol. The van der Waals surface area contributed by atoms with E-state index in [9.17, 15) is 18.4 Å². The second kappa shape index (κ2) is 8.36. The number of rotatable bonds is 3. The molecule has 0 aliphatic carbocycles. The number of alkyl halides is 2. The van der Waals surface area contributed by atoms with Gasteiger partial charge in [-0.25, -0.2) is 13.8 Å². The van der Waals surface area contributed by atoms with E-state index in [1.165, 1.54) is 11.8 Å². The fraction of sp³-hybridized carbons (Fsp3) is 0.684. The Hall–Kier alpha value is -2.32. The number of aryl methyl sites for hydroxylation is 1. The highest BCUT2D eigenvalue weighted by molar-refractivity contribution is 5.80. The van der Waals surface area contributed by atoms with Crippen LogP contribution in [0.4, 0.5) is 14.6 Å². The van der Waals surface area contributed by atoms with E-state index < -0.39 is 5.92 Å². The van der Waals surface area contributed by atoms with E-state index >= 15 is 0 Å². The quantitative estimate of drug-likeness (QED) is 0.848. The number of carbonyl (C=O) groups is 2. The summed E-state index contributed by atoms with van der Waals surface area (Å²) in [5.74, 6) is -2.65. The smallest absolute Gasteiger partial charge is 0.251 e. The van der Waals surface area contributed by atoms with Crippen LogP contribution in [0.1, 0.15) is 38.3 Å². The van der Waals surface area contributed by atoms with E-state index in [2.05, 4.69) is 15.3 Å². The van der Waals surface area contributed by atoms with E-state index in [-0.39, 0.29) is 49.7 Å². The van der Waals surface area contributed by atoms with Crippen LogP contribution in [0.3, 0.4) is 0 Å². The molecule has 1 aromatic rings. The number of anilines is 1. The zero-order valence-corrected chi connectivity index (χ0v) is 16.3. The van der Waals surface area contributed by atoms with Gasteiger partial charge in [-0.2, -0.15) is 0 Å². The lowest BCUT2D eigenvalue weighted by molar-refractivity contribution is -0.143. The molecule has 154 valence electrons. The van der Waals surface area contributed by atoms with Crippen LogP contribution in [0.25, 0.3) is 0 Å². The Morgan fingerprint density at radius 3 is 2.50 bits per heavy atom. The van der Waals surface area contributed by atoms with Gasteiger partial charge < -0.3 is 15.1 Å². The largest absolute Gasteiger partial charge is 0.364 e. The lowest BCUT2D eigenvalue weighted by Crippen LogP contribution is -2.47. The number of likely N-dealkylation sites (tertiary alicyclic amines) is 2. The number of amides is 2. The van der Waals surface area contributed by atoms with Crippen molar-refractivity contribution in [3.63, 3.8) is 0 Å². The molecule has 2 aliphatic heterocycles. The summed E-state index contributed by atoms with van der Waals surface area (Å²) in [6.45, 7) is 4.26. The molecule has 7 nitrogen and oxygen atoms in total. The molecule has 2 saturated heterocycles. The third-order valence-electron chi connectivity index (χ3n) is 5.45. The van der Waals surface area contributed by atoms with Crippen molar-refractivity contribution in [2.45, 2.75) is 51.5 Å². The zero-order chi connectivity index (χ0) is 20.3. The zero-order valence-electron chi connectivity index (χ0n) is 16.3. The maximum atomic E-state index is 13.4. The van der Waals surface area contributed by atoms with E-state index in [1.807, 2.05) is 6.92 Å². The fourth-order valence-electron chi connectivity index (χ4n) is 3.82. The van der Waals surface area contributed by atoms with Crippen molar-refractivity contribution in [2.24, 2.45) is 5.92 Å². The van der Waals surface area contributed by atoms with E-state index in [0.717, 1.165) is 5.69 Å². The second-order valence-corrected chi connectivity index (χ2v) is 7.77. The topological polar surface area (TPSA) is 78.4 Å². The lowest BCUT2D eigenvalue weighted by atomic mass is 9.98. The Balaban J connectivity index is 1.66. The Labute approximate surface area is 163 Å². The summed E-state index contributed by atoms with van der Waals surface area (Å²) in [7, 11) is 0. The van der Waals surface area contributed by atoms with Gasteiger partial charge in [0, 0.05) is 58.2 Å². The molecule has 3 heterocycles. The number of aromatic nitrogens is 2. The Morgan fingerprint density at radius 1 is 1.14 bits per heavy atom. The van der Waals surface area contributed by atoms with E-state index in [4.69, 9.17) is 0 Å². The molecule has 0 unspecified atom stereocenters. The summed E-state index contributed by atoms with van der Waals surface area (Å²) in [4.78, 5) is 36.7. The summed E-state index contributed by atoms with van der Waals surface area (Å²) in [6.07, 6.45) is 3.98. The lowest BCUT2D eigenvalue weighted by Gasteiger charge is -2.34. The summed E-state index contributed by atoms with van der Waals surface area (Å²) in [5, 5.41) is 3.30. The second-order valence-electron chi connectivity index (χ2n) is 7.77. The van der Waals surface area contributed by atoms with Crippen LogP contribution in [0, 0.1) is 12.8 Å². The molecule has 28 heavy (non-hydrogen) atoms. The van der Waals surface area contributed by atoms with Gasteiger partial charge in [0.15, 0.2) is 0 Å². The molecule has 3 rings (SSSR count). The molecule has 2 aliphatic rings. The van der Waals surface area contributed by atoms with Crippen LogP contribution < -0.4 is 5.32 Å². The molecule has 0 spiro atoms. The first kappa shape index (κ1) is 20.4. The minimum atomic E-state index is -2.69. The van der Waals surface area contributed by atoms with Gasteiger partial charge in [0.25, 0.3) is 5.92 Å². The normalized spacial score (nSPS) is 25.1. The molecule has 9 heteroatoms. The van der Waals surface area contributed by atoms with Crippen molar-refractivity contribution in [1.29, 1.82) is 0 Å². The van der Waals surface area contributed by atoms with Gasteiger partial charge in [0.1, 0.15) is 5.82 Å². The molecule has 0 saturated carbocycles. The summed E-state index contributed by atoms with van der Waals surface area (Å²) < 4.78 is 26.8. The van der Waals surface area contributed by atoms with Crippen LogP contribution in [-0.4, -0.2) is 69.7 Å². The fourth-order valence-corrected chi connectivity index (χ4v) is 3.82. The van der Waals surface area contributed by atoms with Crippen LogP contribution in [-0.2, 0) is 9.59 Å². The summed E-state index contributed by atoms with van der Waals surface area (Å²) in [5.41, 5.74) is 0.789. The molecule has 2 atom stereocenters. The van der Waals surface area contributed by atoms with Gasteiger partial charge in [-0.3, -0.25) is 14.6 Å². The van der Waals surface area contributed by atoms with Gasteiger partial charge >= 0.3 is 0 Å². The Kier molecular flexibility index (Phi) is 6.10. The first-order valence-corrected chi connectivity index (χ1v) is 9.71. The standard InChI is InChI=1S/C19H27F2N5O2/c1-13-9-22-10-17(23-13)24-16-4-3-15(11-26(12-16)14(2)27)18(28)25-7-5-19(20,21)6-8-25/h9-10,15-16H,3-8,11-12H2,1-2H3,(H,23,24)/t15-,16+/m1/s1. The third kappa shape index (κ3) is 5.14. The van der Waals surface area contributed by atoms with Crippen LogP contribution in [0.2, 0.25) is 0 Å². The third-order valence-corrected chi connectivity index (χ3v) is 5.45. The first-order valence-electron chi connectivity index (χ1n) is 9.71. The van der Waals surface area contributed by atoms with Crippen molar-refractivity contribution >= 4 is 17.6 Å². The highest BCUT2D eigenvalue weighted by atomic mass is 19.3. The Bertz CT molecular complexity index is 720. The van der Waals surface area contributed by atoms with Gasteiger partial charge in [-0.05, 0) is 19.8 Å². The van der Waals surface area contributed by atoms with Crippen LogP contribution in [0.5, 0.6) is 0 Å². The average Bonchev–Trinajstić information content (AvgIpc) is 2.84. The maximum Gasteiger partial charge on any atom is 0.251 e. The number of hydrogen-bond acceptors (Lipinski definition) is 5. The predicted molar refractivity (Wildman–Crippen MR) is 99.9 cm³/mol. The molecular formula is C19H27F2N5O2. The van der Waals surface area contributed by atoms with Gasteiger partial charge in [0.2, 0.25) is 11.8 Å². The number of halogens is 2. The number of nitrogens with one attached hydrogen (secondary N) is 1. The minimum absolute atomic E-state index is 0.0523. The maximum absolute atomic E-state index is 13.4. The molecule has 2 fully saturated rings. The van der Waals surface area contributed by atoms with E-state index in [1.54, 1.807) is 17.3 Å². The summed E-state index contributed by atoms with van der Waals surface area (Å²) in [6, 6.07) is -0.0523. The van der Waals surface area contributed by atoms with Crippen molar-refractivity contribution in [3.8, 4) is 0 Å². The average molecular weight is 395 g/mol. The molecule has 0 radical (unpaired) electrons. The number of nitrogens with zero attached hydrogens (tertiary/aromatic N) is 4. The van der Waals surface area contributed by atoms with Crippen molar-refractivity contribution in [3.05, 3.63) is 18.1 Å².